The van der Waals surface area contributed by atoms with Gasteiger partial charge in [0, 0.05) is 45.6 Å². The summed E-state index contributed by atoms with van der Waals surface area (Å²) in [6, 6.07) is 8.18. The van der Waals surface area contributed by atoms with E-state index < -0.39 is 10.0 Å². The molecule has 1 aromatic carbocycles. The van der Waals surface area contributed by atoms with Crippen molar-refractivity contribution in [3.05, 3.63) is 52.8 Å². The largest absolute Gasteiger partial charge is 0.371 e. The molecule has 0 aliphatic carbocycles. The molecule has 28 heavy (non-hydrogen) atoms. The highest BCUT2D eigenvalue weighted by Crippen LogP contribution is 2.28. The molecule has 0 saturated carbocycles. The molecule has 7 nitrogen and oxygen atoms in total. The lowest BCUT2D eigenvalue weighted by Crippen LogP contribution is -2.28. The zero-order chi connectivity index (χ0) is 20.3. The molecule has 0 spiro atoms. The van der Waals surface area contributed by atoms with E-state index in [0.29, 0.717) is 10.7 Å². The van der Waals surface area contributed by atoms with Gasteiger partial charge in [0.1, 0.15) is 5.15 Å². The van der Waals surface area contributed by atoms with Gasteiger partial charge in [0.2, 0.25) is 10.0 Å². The monoisotopic (exact) mass is 422 g/mol. The second-order valence-electron chi connectivity index (χ2n) is 6.83. The molecule has 1 amide bonds. The van der Waals surface area contributed by atoms with E-state index in [-0.39, 0.29) is 17.3 Å². The van der Waals surface area contributed by atoms with Crippen molar-refractivity contribution in [3.8, 4) is 0 Å². The fraction of sp³-hybridized carbons (Fsp3) is 0.368. The van der Waals surface area contributed by atoms with E-state index in [1.165, 1.54) is 20.2 Å². The summed E-state index contributed by atoms with van der Waals surface area (Å²) >= 11 is 5.78. The zero-order valence-corrected chi connectivity index (χ0v) is 17.4. The Morgan fingerprint density at radius 1 is 1.21 bits per heavy atom. The molecule has 0 unspecified atom stereocenters. The van der Waals surface area contributed by atoms with Crippen molar-refractivity contribution in [1.82, 2.24) is 14.6 Å². The van der Waals surface area contributed by atoms with Gasteiger partial charge in [-0.05, 0) is 42.7 Å². The Hall–Kier alpha value is -2.16. The van der Waals surface area contributed by atoms with Crippen LogP contribution < -0.4 is 10.2 Å². The Bertz CT molecular complexity index is 956. The van der Waals surface area contributed by atoms with Crippen LogP contribution in [0.3, 0.4) is 0 Å². The quantitative estimate of drug-likeness (QED) is 0.723. The summed E-state index contributed by atoms with van der Waals surface area (Å²) in [6.45, 7) is 1.97. The van der Waals surface area contributed by atoms with Crippen molar-refractivity contribution in [2.24, 2.45) is 0 Å². The first-order chi connectivity index (χ1) is 13.3. The van der Waals surface area contributed by atoms with Crippen LogP contribution in [0.25, 0.3) is 0 Å². The van der Waals surface area contributed by atoms with E-state index in [0.717, 1.165) is 41.5 Å². The predicted octanol–water partition coefficient (Wildman–Crippen LogP) is 2.52. The molecule has 0 radical (unpaired) electrons. The molecule has 2 heterocycles. The number of carbonyl (C=O) groups excluding carboxylic acids is 1. The number of halogens is 1. The number of benzene rings is 1. The topological polar surface area (TPSA) is 82.6 Å². The van der Waals surface area contributed by atoms with Gasteiger partial charge in [0.15, 0.2) is 0 Å². The number of hydrogen-bond donors (Lipinski definition) is 1. The van der Waals surface area contributed by atoms with Gasteiger partial charge in [-0.1, -0.05) is 17.7 Å². The fourth-order valence-corrected chi connectivity index (χ4v) is 4.13. The Morgan fingerprint density at radius 3 is 2.54 bits per heavy atom. The SMILES string of the molecule is CN(C)S(=O)(=O)c1ccc(N2CCCC2)c(C(=O)NCc2ccc(Cl)nc2)c1. The molecule has 1 saturated heterocycles. The van der Waals surface area contributed by atoms with Crippen molar-refractivity contribution in [1.29, 1.82) is 0 Å². The molecule has 1 fully saturated rings. The number of nitrogens with one attached hydrogen (secondary N) is 1. The number of carbonyl (C=O) groups is 1. The minimum Gasteiger partial charge on any atom is -0.371 e. The van der Waals surface area contributed by atoms with E-state index in [1.807, 2.05) is 0 Å². The highest BCUT2D eigenvalue weighted by atomic mass is 35.5. The van der Waals surface area contributed by atoms with E-state index in [2.05, 4.69) is 15.2 Å². The second-order valence-corrected chi connectivity index (χ2v) is 9.37. The molecular formula is C19H23ClN4O3S. The third kappa shape index (κ3) is 4.45. The number of hydrogen-bond acceptors (Lipinski definition) is 5. The molecule has 0 bridgehead atoms. The zero-order valence-electron chi connectivity index (χ0n) is 15.9. The van der Waals surface area contributed by atoms with Gasteiger partial charge in [-0.3, -0.25) is 4.79 Å². The first kappa shape index (κ1) is 20.6. The van der Waals surface area contributed by atoms with Crippen molar-refractivity contribution in [2.75, 3.05) is 32.1 Å². The summed E-state index contributed by atoms with van der Waals surface area (Å²) in [5, 5.41) is 3.23. The molecule has 3 rings (SSSR count). The van der Waals surface area contributed by atoms with E-state index >= 15 is 0 Å². The number of aromatic nitrogens is 1. The number of amides is 1. The Balaban J connectivity index is 1.90. The Kier molecular flexibility index (Phi) is 6.22. The van der Waals surface area contributed by atoms with Crippen LogP contribution in [0.15, 0.2) is 41.4 Å². The van der Waals surface area contributed by atoms with Crippen LogP contribution in [0.2, 0.25) is 5.15 Å². The van der Waals surface area contributed by atoms with Gasteiger partial charge in [-0.2, -0.15) is 0 Å². The van der Waals surface area contributed by atoms with Crippen LogP contribution >= 0.6 is 11.6 Å². The average molecular weight is 423 g/mol. The van der Waals surface area contributed by atoms with Crippen LogP contribution in [-0.2, 0) is 16.6 Å². The lowest BCUT2D eigenvalue weighted by molar-refractivity contribution is 0.0951. The summed E-state index contributed by atoms with van der Waals surface area (Å²) in [5.41, 5.74) is 1.91. The first-order valence-corrected chi connectivity index (χ1v) is 10.8. The molecule has 1 aromatic heterocycles. The van der Waals surface area contributed by atoms with E-state index in [9.17, 15) is 13.2 Å². The molecule has 0 atom stereocenters. The molecule has 2 aromatic rings. The van der Waals surface area contributed by atoms with Crippen molar-refractivity contribution < 1.29 is 13.2 Å². The van der Waals surface area contributed by atoms with Gasteiger partial charge in [0.05, 0.1) is 10.5 Å². The van der Waals surface area contributed by atoms with Gasteiger partial charge in [-0.15, -0.1) is 0 Å². The third-order valence-corrected chi connectivity index (χ3v) is 6.71. The third-order valence-electron chi connectivity index (χ3n) is 4.68. The maximum Gasteiger partial charge on any atom is 0.253 e. The second kappa shape index (κ2) is 8.46. The summed E-state index contributed by atoms with van der Waals surface area (Å²) in [7, 11) is -0.696. The summed E-state index contributed by atoms with van der Waals surface area (Å²) in [6.07, 6.45) is 3.70. The number of anilines is 1. The van der Waals surface area contributed by atoms with E-state index in [4.69, 9.17) is 11.6 Å². The maximum atomic E-state index is 12.9. The molecule has 1 aliphatic heterocycles. The number of nitrogens with zero attached hydrogens (tertiary/aromatic N) is 3. The first-order valence-electron chi connectivity index (χ1n) is 8.99. The summed E-state index contributed by atoms with van der Waals surface area (Å²) < 4.78 is 26.2. The summed E-state index contributed by atoms with van der Waals surface area (Å²) in [4.78, 5) is 19.1. The van der Waals surface area contributed by atoms with Crippen molar-refractivity contribution in [2.45, 2.75) is 24.3 Å². The molecular weight excluding hydrogens is 400 g/mol. The van der Waals surface area contributed by atoms with Gasteiger partial charge in [0.25, 0.3) is 5.91 Å². The molecule has 1 N–H and O–H groups in total. The highest BCUT2D eigenvalue weighted by Gasteiger charge is 2.24. The van der Waals surface area contributed by atoms with Crippen LogP contribution in [0.4, 0.5) is 5.69 Å². The minimum absolute atomic E-state index is 0.0961. The molecule has 1 aliphatic rings. The smallest absolute Gasteiger partial charge is 0.253 e. The average Bonchev–Trinajstić information content (AvgIpc) is 3.21. The number of rotatable bonds is 6. The molecule has 150 valence electrons. The van der Waals surface area contributed by atoms with Gasteiger partial charge < -0.3 is 10.2 Å². The maximum absolute atomic E-state index is 12.9. The van der Waals surface area contributed by atoms with Crippen molar-refractivity contribution in [3.63, 3.8) is 0 Å². The lowest BCUT2D eigenvalue weighted by Gasteiger charge is -2.22. The standard InChI is InChI=1S/C19H23ClN4O3S/c1-23(2)28(26,27)15-6-7-17(24-9-3-4-10-24)16(11-15)19(25)22-13-14-5-8-18(20)21-12-14/h5-8,11-12H,3-4,9-10,13H2,1-2H3,(H,22,25). The highest BCUT2D eigenvalue weighted by molar-refractivity contribution is 7.89. The summed E-state index contributed by atoms with van der Waals surface area (Å²) in [5.74, 6) is -0.326. The van der Waals surface area contributed by atoms with Crippen LogP contribution in [-0.4, -0.2) is 50.8 Å². The predicted molar refractivity (Wildman–Crippen MR) is 109 cm³/mol. The van der Waals surface area contributed by atoms with Crippen molar-refractivity contribution >= 4 is 33.2 Å². The number of pyridine rings is 1. The van der Waals surface area contributed by atoms with Crippen LogP contribution in [0, 0.1) is 0 Å². The molecule has 9 heteroatoms. The number of sulfonamides is 1. The van der Waals surface area contributed by atoms with Crippen LogP contribution in [0.1, 0.15) is 28.8 Å². The Labute approximate surface area is 170 Å². The van der Waals surface area contributed by atoms with Crippen LogP contribution in [0.5, 0.6) is 0 Å². The van der Waals surface area contributed by atoms with E-state index in [1.54, 1.807) is 30.5 Å². The minimum atomic E-state index is -3.63. The Morgan fingerprint density at radius 2 is 1.93 bits per heavy atom. The normalized spacial score (nSPS) is 14.5. The van der Waals surface area contributed by atoms with Gasteiger partial charge in [-0.25, -0.2) is 17.7 Å². The van der Waals surface area contributed by atoms with Gasteiger partial charge >= 0.3 is 0 Å². The lowest BCUT2D eigenvalue weighted by atomic mass is 10.1. The fourth-order valence-electron chi connectivity index (χ4n) is 3.09.